The van der Waals surface area contributed by atoms with Gasteiger partial charge in [0.15, 0.2) is 11.5 Å². The van der Waals surface area contributed by atoms with Gasteiger partial charge in [0.2, 0.25) is 11.8 Å². The number of benzene rings is 3. The van der Waals surface area contributed by atoms with Gasteiger partial charge in [0.05, 0.1) is 15.6 Å². The van der Waals surface area contributed by atoms with Gasteiger partial charge in [0.25, 0.3) is 11.1 Å². The molecule has 41 heavy (non-hydrogen) atoms. The largest absolute Gasteiger partial charge is 0.493 e. The molecule has 0 saturated carbocycles. The van der Waals surface area contributed by atoms with Gasteiger partial charge in [0.1, 0.15) is 11.4 Å². The monoisotopic (exact) mass is 707 g/mol. The highest BCUT2D eigenvalue weighted by Crippen LogP contribution is 2.38. The van der Waals surface area contributed by atoms with E-state index < -0.39 is 33.7 Å². The van der Waals surface area contributed by atoms with Crippen molar-refractivity contribution < 1.29 is 36.5 Å². The Morgan fingerprint density at radius 2 is 1.66 bits per heavy atom. The lowest BCUT2D eigenvalue weighted by Crippen LogP contribution is -2.36. The minimum absolute atomic E-state index is 0.0677. The maximum absolute atomic E-state index is 12.9. The Kier molecular flexibility index (Phi) is 9.35. The zero-order valence-electron chi connectivity index (χ0n) is 21.5. The second-order valence-corrected chi connectivity index (χ2v) is 12.2. The number of amides is 4. The fourth-order valence-electron chi connectivity index (χ4n) is 3.62. The topological polar surface area (TPSA) is 148 Å². The Morgan fingerprint density at radius 1 is 1.00 bits per heavy atom. The van der Waals surface area contributed by atoms with E-state index in [1.807, 2.05) is 22.6 Å². The molecule has 11 nitrogen and oxygen atoms in total. The Balaban J connectivity index is 1.51. The summed E-state index contributed by atoms with van der Waals surface area (Å²) in [5.41, 5.74) is 1.40. The summed E-state index contributed by atoms with van der Waals surface area (Å²) in [5.74, 6) is -1.45. The van der Waals surface area contributed by atoms with E-state index in [2.05, 4.69) is 10.6 Å². The summed E-state index contributed by atoms with van der Waals surface area (Å²) in [5, 5.41) is 4.59. The first-order chi connectivity index (χ1) is 19.5. The highest BCUT2D eigenvalue weighted by Gasteiger charge is 2.36. The van der Waals surface area contributed by atoms with Gasteiger partial charge in [-0.3, -0.25) is 24.1 Å². The highest BCUT2D eigenvalue weighted by molar-refractivity contribution is 14.1. The van der Waals surface area contributed by atoms with Gasteiger partial charge in [-0.05, 0) is 94.5 Å². The smallest absolute Gasteiger partial charge is 0.339 e. The number of anilines is 2. The van der Waals surface area contributed by atoms with Gasteiger partial charge in [-0.1, -0.05) is 18.2 Å². The zero-order chi connectivity index (χ0) is 29.7. The first kappa shape index (κ1) is 30.1. The van der Waals surface area contributed by atoms with Crippen LogP contribution in [0.2, 0.25) is 0 Å². The molecule has 2 N–H and O–H groups in total. The average molecular weight is 708 g/mol. The molecule has 1 aliphatic heterocycles. The van der Waals surface area contributed by atoms with Crippen molar-refractivity contribution in [1.82, 2.24) is 4.90 Å². The van der Waals surface area contributed by atoms with Crippen molar-refractivity contribution in [3.8, 4) is 11.5 Å². The number of thioether (sulfide) groups is 1. The summed E-state index contributed by atoms with van der Waals surface area (Å²) in [7, 11) is -2.94. The van der Waals surface area contributed by atoms with Crippen LogP contribution in [0.1, 0.15) is 12.5 Å². The molecule has 4 amide bonds. The van der Waals surface area contributed by atoms with Crippen molar-refractivity contribution in [3.63, 3.8) is 0 Å². The average Bonchev–Trinajstić information content (AvgIpc) is 3.17. The second kappa shape index (κ2) is 12.7. The van der Waals surface area contributed by atoms with Crippen LogP contribution in [0.15, 0.2) is 76.5 Å². The number of rotatable bonds is 9. The lowest BCUT2D eigenvalue weighted by atomic mass is 10.2. The Hall–Kier alpha value is -3.89. The number of hydrogen-bond donors (Lipinski definition) is 2. The molecule has 4 rings (SSSR count). The van der Waals surface area contributed by atoms with E-state index in [9.17, 15) is 27.6 Å². The first-order valence-electron chi connectivity index (χ1n) is 11.8. The number of carbonyl (C=O) groups excluding carboxylic acids is 4. The predicted octanol–water partition coefficient (Wildman–Crippen LogP) is 4.70. The van der Waals surface area contributed by atoms with E-state index in [-0.39, 0.29) is 27.2 Å². The maximum Gasteiger partial charge on any atom is 0.339 e. The van der Waals surface area contributed by atoms with E-state index in [1.54, 1.807) is 36.4 Å². The van der Waals surface area contributed by atoms with Gasteiger partial charge in [-0.2, -0.15) is 8.42 Å². The number of imide groups is 1. The quantitative estimate of drug-likeness (QED) is 0.184. The first-order valence-corrected chi connectivity index (χ1v) is 15.1. The summed E-state index contributed by atoms with van der Waals surface area (Å²) in [6.45, 7) is 0.885. The van der Waals surface area contributed by atoms with Gasteiger partial charge in [-0.25, -0.2) is 0 Å². The lowest BCUT2D eigenvalue weighted by Gasteiger charge is -2.14. The van der Waals surface area contributed by atoms with Gasteiger partial charge in [0, 0.05) is 18.3 Å². The SMILES string of the molecule is COc1cc(/C=C2\SC(=O)N(CC(=O)Nc3ccccc3)C2=O)cc(I)c1OS(=O)(=O)c1ccc(NC(C)=O)cc1. The molecule has 212 valence electrons. The van der Waals surface area contributed by atoms with Crippen molar-refractivity contribution in [1.29, 1.82) is 0 Å². The molecule has 0 radical (unpaired) electrons. The minimum Gasteiger partial charge on any atom is -0.493 e. The number of carbonyl (C=O) groups is 4. The van der Waals surface area contributed by atoms with Crippen LogP contribution in [0.5, 0.6) is 11.5 Å². The summed E-state index contributed by atoms with van der Waals surface area (Å²) in [6.07, 6.45) is 1.45. The van der Waals surface area contributed by atoms with E-state index in [1.165, 1.54) is 50.4 Å². The van der Waals surface area contributed by atoms with Crippen molar-refractivity contribution in [2.75, 3.05) is 24.3 Å². The highest BCUT2D eigenvalue weighted by atomic mass is 127. The molecule has 1 fully saturated rings. The predicted molar refractivity (Wildman–Crippen MR) is 162 cm³/mol. The molecule has 0 aromatic heterocycles. The fourth-order valence-corrected chi connectivity index (χ4v) is 6.30. The molecular formula is C27H22IN3O8S2. The minimum atomic E-state index is -4.27. The van der Waals surface area contributed by atoms with E-state index in [0.29, 0.717) is 32.3 Å². The normalized spacial score (nSPS) is 14.2. The fraction of sp³-hybridized carbons (Fsp3) is 0.111. The Bertz CT molecular complexity index is 1660. The molecule has 14 heteroatoms. The number of hydrogen-bond acceptors (Lipinski definition) is 9. The molecule has 1 saturated heterocycles. The van der Waals surface area contributed by atoms with Crippen LogP contribution >= 0.6 is 34.4 Å². The standard InChI is InChI=1S/C27H22IN3O8S2/c1-16(32)29-19-8-10-20(11-9-19)41(36,37)39-25-21(28)12-17(13-22(25)38-2)14-23-26(34)31(27(35)40-23)15-24(33)30-18-6-4-3-5-7-18/h3-14H,15H2,1-2H3,(H,29,32)(H,30,33)/b23-14-. The molecule has 1 heterocycles. The van der Waals surface area contributed by atoms with Crippen molar-refractivity contribution >= 4 is 84.9 Å². The van der Waals surface area contributed by atoms with E-state index in [4.69, 9.17) is 8.92 Å². The molecule has 3 aromatic carbocycles. The number of para-hydroxylation sites is 1. The van der Waals surface area contributed by atoms with Crippen LogP contribution in [0.25, 0.3) is 6.08 Å². The molecular weight excluding hydrogens is 685 g/mol. The zero-order valence-corrected chi connectivity index (χ0v) is 25.3. The van der Waals surface area contributed by atoms with E-state index >= 15 is 0 Å². The number of nitrogens with one attached hydrogen (secondary N) is 2. The summed E-state index contributed by atoms with van der Waals surface area (Å²) in [4.78, 5) is 49.8. The molecule has 0 aliphatic carbocycles. The summed E-state index contributed by atoms with van der Waals surface area (Å²) >= 11 is 2.55. The van der Waals surface area contributed by atoms with Crippen molar-refractivity contribution in [2.24, 2.45) is 0 Å². The third-order valence-electron chi connectivity index (χ3n) is 5.44. The van der Waals surface area contributed by atoms with Crippen LogP contribution in [0.3, 0.4) is 0 Å². The number of methoxy groups -OCH3 is 1. The van der Waals surface area contributed by atoms with Crippen molar-refractivity contribution in [2.45, 2.75) is 11.8 Å². The molecule has 0 spiro atoms. The molecule has 0 unspecified atom stereocenters. The lowest BCUT2D eigenvalue weighted by molar-refractivity contribution is -0.127. The van der Waals surface area contributed by atoms with Crippen molar-refractivity contribution in [3.05, 3.63) is 80.8 Å². The van der Waals surface area contributed by atoms with Crippen LogP contribution in [0, 0.1) is 3.57 Å². The summed E-state index contributed by atoms with van der Waals surface area (Å²) in [6, 6.07) is 17.1. The number of halogens is 1. The van der Waals surface area contributed by atoms with Gasteiger partial charge in [-0.15, -0.1) is 0 Å². The second-order valence-electron chi connectivity index (χ2n) is 8.46. The van der Waals surface area contributed by atoms with Gasteiger partial charge >= 0.3 is 10.1 Å². The van der Waals surface area contributed by atoms with Crippen LogP contribution < -0.4 is 19.6 Å². The number of nitrogens with zero attached hydrogens (tertiary/aromatic N) is 1. The molecule has 0 atom stereocenters. The number of ether oxygens (including phenoxy) is 1. The Labute approximate surface area is 253 Å². The van der Waals surface area contributed by atoms with Crippen LogP contribution in [0.4, 0.5) is 16.2 Å². The summed E-state index contributed by atoms with van der Waals surface area (Å²) < 4.78 is 37.0. The third-order valence-corrected chi connectivity index (χ3v) is 8.38. The van der Waals surface area contributed by atoms with Crippen LogP contribution in [-0.4, -0.2) is 49.9 Å². The van der Waals surface area contributed by atoms with Crippen LogP contribution in [-0.2, 0) is 24.5 Å². The molecule has 3 aromatic rings. The molecule has 0 bridgehead atoms. The van der Waals surface area contributed by atoms with Gasteiger partial charge < -0.3 is 19.6 Å². The third kappa shape index (κ3) is 7.45. The van der Waals surface area contributed by atoms with E-state index in [0.717, 1.165) is 4.90 Å². The molecule has 1 aliphatic rings. The maximum atomic E-state index is 12.9. The Morgan fingerprint density at radius 3 is 2.29 bits per heavy atom.